The molecular weight excluding hydrogens is 184 g/mol. The molecule has 86 valence electrons. The maximum Gasteiger partial charge on any atom is 0.0574 e. The van der Waals surface area contributed by atoms with Gasteiger partial charge in [-0.05, 0) is 19.4 Å². The minimum Gasteiger partial charge on any atom is -0.305 e. The van der Waals surface area contributed by atoms with Gasteiger partial charge in [0.25, 0.3) is 0 Å². The summed E-state index contributed by atoms with van der Waals surface area (Å²) >= 11 is 0. The molecular formula is C13H24N2. The molecule has 0 aromatic rings. The van der Waals surface area contributed by atoms with Gasteiger partial charge in [0, 0.05) is 19.1 Å². The maximum atomic E-state index is 5.19. The van der Waals surface area contributed by atoms with Crippen molar-refractivity contribution in [3.8, 4) is 12.3 Å². The van der Waals surface area contributed by atoms with E-state index in [2.05, 4.69) is 23.1 Å². The molecule has 1 saturated carbocycles. The maximum absolute atomic E-state index is 5.19. The van der Waals surface area contributed by atoms with E-state index in [-0.39, 0.29) is 0 Å². The molecule has 0 amide bonds. The first kappa shape index (κ1) is 12.5. The van der Waals surface area contributed by atoms with Crippen LogP contribution in [0.3, 0.4) is 0 Å². The normalized spacial score (nSPS) is 17.9. The first-order valence-corrected chi connectivity index (χ1v) is 6.26. The Hall–Kier alpha value is -0.520. The highest BCUT2D eigenvalue weighted by atomic mass is 15.2. The Morgan fingerprint density at radius 3 is 2.67 bits per heavy atom. The van der Waals surface area contributed by atoms with Gasteiger partial charge in [-0.1, -0.05) is 32.1 Å². The molecule has 0 aromatic heterocycles. The third-order valence-corrected chi connectivity index (χ3v) is 3.30. The summed E-state index contributed by atoms with van der Waals surface area (Å²) in [5.74, 6) is 2.61. The summed E-state index contributed by atoms with van der Waals surface area (Å²) in [4.78, 5) is 2.60. The molecule has 0 unspecified atom stereocenters. The van der Waals surface area contributed by atoms with E-state index < -0.39 is 0 Å². The lowest BCUT2D eigenvalue weighted by Gasteiger charge is -2.33. The van der Waals surface area contributed by atoms with Gasteiger partial charge in [0.05, 0.1) is 6.54 Å². The Kier molecular flexibility index (Phi) is 6.47. The fraction of sp³-hybridized carbons (Fsp3) is 0.846. The number of hydrogen-bond donors (Lipinski definition) is 1. The van der Waals surface area contributed by atoms with E-state index in [0.29, 0.717) is 6.54 Å². The van der Waals surface area contributed by atoms with Crippen LogP contribution >= 0.6 is 0 Å². The highest BCUT2D eigenvalue weighted by molar-refractivity contribution is 4.86. The average molecular weight is 208 g/mol. The molecule has 1 aliphatic carbocycles. The van der Waals surface area contributed by atoms with Gasteiger partial charge in [-0.25, -0.2) is 0 Å². The monoisotopic (exact) mass is 208 g/mol. The van der Waals surface area contributed by atoms with Crippen LogP contribution in [0.2, 0.25) is 0 Å². The highest BCUT2D eigenvalue weighted by Crippen LogP contribution is 2.21. The molecule has 0 atom stereocenters. The number of nitrogens with zero attached hydrogens (tertiary/aromatic N) is 1. The summed E-state index contributed by atoms with van der Waals surface area (Å²) < 4.78 is 0. The van der Waals surface area contributed by atoms with E-state index in [0.717, 1.165) is 19.1 Å². The van der Waals surface area contributed by atoms with E-state index in [1.54, 1.807) is 0 Å². The highest BCUT2D eigenvalue weighted by Gasteiger charge is 2.18. The molecule has 0 saturated heterocycles. The van der Waals surface area contributed by atoms with Gasteiger partial charge in [0.2, 0.25) is 0 Å². The second-order valence-electron chi connectivity index (χ2n) is 4.30. The van der Waals surface area contributed by atoms with Crippen LogP contribution in [0, 0.1) is 12.3 Å². The summed E-state index contributed by atoms with van der Waals surface area (Å²) in [5, 5.41) is 3.26. The van der Waals surface area contributed by atoms with Gasteiger partial charge in [0.1, 0.15) is 0 Å². The molecule has 1 N–H and O–H groups in total. The van der Waals surface area contributed by atoms with Crippen LogP contribution in [0.25, 0.3) is 0 Å². The van der Waals surface area contributed by atoms with Crippen molar-refractivity contribution in [3.05, 3.63) is 0 Å². The van der Waals surface area contributed by atoms with Crippen molar-refractivity contribution in [3.63, 3.8) is 0 Å². The SMILES string of the molecule is C#CCNCCN(CC)C1CCCCC1. The zero-order valence-corrected chi connectivity index (χ0v) is 9.97. The van der Waals surface area contributed by atoms with Crippen LogP contribution in [0.5, 0.6) is 0 Å². The second kappa shape index (κ2) is 7.73. The lowest BCUT2D eigenvalue weighted by molar-refractivity contribution is 0.165. The molecule has 0 radical (unpaired) electrons. The summed E-state index contributed by atoms with van der Waals surface area (Å²) in [5.41, 5.74) is 0. The van der Waals surface area contributed by atoms with Crippen molar-refractivity contribution in [2.75, 3.05) is 26.2 Å². The van der Waals surface area contributed by atoms with Crippen LogP contribution in [0.4, 0.5) is 0 Å². The predicted octanol–water partition coefficient (Wildman–Crippen LogP) is 1.86. The van der Waals surface area contributed by atoms with E-state index in [9.17, 15) is 0 Å². The molecule has 0 spiro atoms. The number of terminal acetylenes is 1. The number of rotatable bonds is 6. The Morgan fingerprint density at radius 2 is 2.07 bits per heavy atom. The van der Waals surface area contributed by atoms with Crippen molar-refractivity contribution < 1.29 is 0 Å². The van der Waals surface area contributed by atoms with Gasteiger partial charge < -0.3 is 5.32 Å². The predicted molar refractivity (Wildman–Crippen MR) is 65.8 cm³/mol. The first-order valence-electron chi connectivity index (χ1n) is 6.26. The van der Waals surface area contributed by atoms with E-state index in [1.807, 2.05) is 0 Å². The molecule has 0 aromatic carbocycles. The molecule has 1 aliphatic rings. The van der Waals surface area contributed by atoms with Gasteiger partial charge in [-0.3, -0.25) is 4.90 Å². The Balaban J connectivity index is 2.19. The van der Waals surface area contributed by atoms with E-state index in [1.165, 1.54) is 38.6 Å². The molecule has 0 heterocycles. The fourth-order valence-corrected chi connectivity index (χ4v) is 2.43. The lowest BCUT2D eigenvalue weighted by atomic mass is 9.94. The molecule has 15 heavy (non-hydrogen) atoms. The standard InChI is InChI=1S/C13H24N2/c1-3-10-14-11-12-15(4-2)13-8-6-5-7-9-13/h1,13-14H,4-12H2,2H3. The summed E-state index contributed by atoms with van der Waals surface area (Å²) in [6, 6.07) is 0.830. The zero-order valence-electron chi connectivity index (χ0n) is 9.97. The quantitative estimate of drug-likeness (QED) is 0.529. The minimum atomic E-state index is 0.697. The van der Waals surface area contributed by atoms with Gasteiger partial charge >= 0.3 is 0 Å². The zero-order chi connectivity index (χ0) is 10.9. The van der Waals surface area contributed by atoms with Crippen molar-refractivity contribution in [1.82, 2.24) is 10.2 Å². The fourth-order valence-electron chi connectivity index (χ4n) is 2.43. The van der Waals surface area contributed by atoms with Crippen molar-refractivity contribution in [2.45, 2.75) is 45.1 Å². The molecule has 2 nitrogen and oxygen atoms in total. The first-order chi connectivity index (χ1) is 7.38. The van der Waals surface area contributed by atoms with Crippen LogP contribution in [0.15, 0.2) is 0 Å². The topological polar surface area (TPSA) is 15.3 Å². The number of likely N-dealkylation sites (N-methyl/N-ethyl adjacent to an activating group) is 1. The van der Waals surface area contributed by atoms with Gasteiger partial charge in [-0.2, -0.15) is 0 Å². The minimum absolute atomic E-state index is 0.697. The average Bonchev–Trinajstić information content (AvgIpc) is 2.30. The molecule has 1 fully saturated rings. The van der Waals surface area contributed by atoms with Crippen LogP contribution < -0.4 is 5.32 Å². The molecule has 0 aliphatic heterocycles. The molecule has 2 heteroatoms. The molecule has 0 bridgehead atoms. The van der Waals surface area contributed by atoms with Crippen LogP contribution in [-0.2, 0) is 0 Å². The summed E-state index contributed by atoms with van der Waals surface area (Å²) in [6.45, 7) is 6.29. The lowest BCUT2D eigenvalue weighted by Crippen LogP contribution is -2.40. The Morgan fingerprint density at radius 1 is 1.33 bits per heavy atom. The van der Waals surface area contributed by atoms with Crippen LogP contribution in [0.1, 0.15) is 39.0 Å². The van der Waals surface area contributed by atoms with Gasteiger partial charge in [0.15, 0.2) is 0 Å². The third-order valence-electron chi connectivity index (χ3n) is 3.30. The van der Waals surface area contributed by atoms with Crippen molar-refractivity contribution in [2.24, 2.45) is 0 Å². The largest absolute Gasteiger partial charge is 0.305 e. The summed E-state index contributed by atoms with van der Waals surface area (Å²) in [6.07, 6.45) is 12.2. The van der Waals surface area contributed by atoms with Gasteiger partial charge in [-0.15, -0.1) is 6.42 Å². The van der Waals surface area contributed by atoms with Crippen molar-refractivity contribution >= 4 is 0 Å². The Bertz CT molecular complexity index is 189. The summed E-state index contributed by atoms with van der Waals surface area (Å²) in [7, 11) is 0. The van der Waals surface area contributed by atoms with Crippen LogP contribution in [-0.4, -0.2) is 37.1 Å². The Labute approximate surface area is 94.4 Å². The number of hydrogen-bond acceptors (Lipinski definition) is 2. The smallest absolute Gasteiger partial charge is 0.0574 e. The second-order valence-corrected chi connectivity index (χ2v) is 4.30. The van der Waals surface area contributed by atoms with Crippen molar-refractivity contribution in [1.29, 1.82) is 0 Å². The molecule has 1 rings (SSSR count). The van der Waals surface area contributed by atoms with E-state index >= 15 is 0 Å². The van der Waals surface area contributed by atoms with E-state index in [4.69, 9.17) is 6.42 Å². The third kappa shape index (κ3) is 4.68. The number of nitrogens with one attached hydrogen (secondary N) is 1.